The van der Waals surface area contributed by atoms with Gasteiger partial charge in [-0.25, -0.2) is 0 Å². The third-order valence-electron chi connectivity index (χ3n) is 9.89. The summed E-state index contributed by atoms with van der Waals surface area (Å²) in [4.78, 5) is 34.2. The number of aliphatic hydroxyl groups is 3. The summed E-state index contributed by atoms with van der Waals surface area (Å²) in [5.41, 5.74) is 4.46. The maximum Gasteiger partial charge on any atom is 0.453 e. The van der Waals surface area contributed by atoms with Crippen LogP contribution in [0.15, 0.2) is 72.6 Å². The van der Waals surface area contributed by atoms with Gasteiger partial charge in [0, 0.05) is 56.2 Å². The zero-order valence-corrected chi connectivity index (χ0v) is 32.6. The predicted octanol–water partition coefficient (Wildman–Crippen LogP) is 5.99. The minimum absolute atomic E-state index is 0.0440. The molecule has 0 aromatic heterocycles. The summed E-state index contributed by atoms with van der Waals surface area (Å²) in [6.07, 6.45) is 6.89. The number of rotatable bonds is 10. The summed E-state index contributed by atoms with van der Waals surface area (Å²) in [6, 6.07) is 10.7. The predicted molar refractivity (Wildman–Crippen MR) is 205 cm³/mol. The first-order chi connectivity index (χ1) is 24.5. The molecule has 10 nitrogen and oxygen atoms in total. The minimum Gasteiger partial charge on any atom is -0.417 e. The molecule has 2 aromatic rings. The largest absolute Gasteiger partial charge is 0.453 e. The highest BCUT2D eigenvalue weighted by Gasteiger charge is 2.37. The molecule has 1 unspecified atom stereocenters. The summed E-state index contributed by atoms with van der Waals surface area (Å²) in [5, 5.41) is 28.9. The molecule has 2 heterocycles. The van der Waals surface area contributed by atoms with E-state index in [1.165, 1.54) is 0 Å². The van der Waals surface area contributed by atoms with Crippen molar-refractivity contribution in [3.05, 3.63) is 99.9 Å². The van der Waals surface area contributed by atoms with Crippen LogP contribution in [0.25, 0.3) is 0 Å². The van der Waals surface area contributed by atoms with E-state index in [1.807, 2.05) is 62.3 Å². The fraction of sp³-hybridized carbons (Fsp3) is 0.512. The van der Waals surface area contributed by atoms with Gasteiger partial charge in [0.05, 0.1) is 19.0 Å². The van der Waals surface area contributed by atoms with Crippen molar-refractivity contribution in [1.29, 1.82) is 0 Å². The second-order valence-corrected chi connectivity index (χ2v) is 15.4. The molecule has 3 aliphatic rings. The Labute approximate surface area is 314 Å². The number of allylic oxidation sites excluding steroid dienone is 3. The van der Waals surface area contributed by atoms with Gasteiger partial charge in [-0.05, 0) is 110 Å². The van der Waals surface area contributed by atoms with E-state index in [9.17, 15) is 24.9 Å². The Kier molecular flexibility index (Phi) is 14.1. The third kappa shape index (κ3) is 10.9. The maximum atomic E-state index is 13.9. The molecule has 3 N–H and O–H groups in total. The standard InChI is InChI=1S/C37H47ClN4O6.C4H10/c1-6-30(14-7-25(3)40(5)22-26-8-15-31(16-9-26)41-18-17-39(4)35(44)23-41)42-34(43)21-28-20-33(48-37(45,46)47)24(2)19-32(28)36(42)27-10-12-29(38)13-11-27;1-4(2)3/h6-7,10-14,19-20,26,31,36,45-47H,3,8-9,15-18,21-23H2,1-2,4-5H3;4H,1-3H3/b14-7-,30-6+;. The molecular weight excluding hydrogens is 680 g/mol. The molecule has 0 radical (unpaired) electrons. The fourth-order valence-corrected chi connectivity index (χ4v) is 7.25. The van der Waals surface area contributed by atoms with Crippen molar-refractivity contribution in [2.24, 2.45) is 11.8 Å². The number of hydrogen-bond acceptors (Lipinski definition) is 8. The number of aryl methyl sites for hydroxylation is 1. The van der Waals surface area contributed by atoms with Gasteiger partial charge in [-0.2, -0.15) is 0 Å². The molecule has 1 saturated carbocycles. The molecule has 0 bridgehead atoms. The normalized spacial score (nSPS) is 21.6. The van der Waals surface area contributed by atoms with Crippen LogP contribution >= 0.6 is 11.6 Å². The number of nitrogens with zero attached hydrogens (tertiary/aromatic N) is 4. The van der Waals surface area contributed by atoms with Crippen LogP contribution in [0.1, 0.15) is 81.7 Å². The number of piperazine rings is 1. The molecule has 1 atom stereocenters. The van der Waals surface area contributed by atoms with Gasteiger partial charge < -0.3 is 34.8 Å². The molecule has 1 aliphatic carbocycles. The number of benzene rings is 2. The van der Waals surface area contributed by atoms with Gasteiger partial charge in [0.1, 0.15) is 5.75 Å². The molecule has 52 heavy (non-hydrogen) atoms. The van der Waals surface area contributed by atoms with Crippen molar-refractivity contribution < 1.29 is 29.6 Å². The molecule has 11 heteroatoms. The average Bonchev–Trinajstić information content (AvgIpc) is 3.07. The van der Waals surface area contributed by atoms with Gasteiger partial charge >= 0.3 is 6.16 Å². The number of amides is 2. The Morgan fingerprint density at radius 1 is 1.04 bits per heavy atom. The second-order valence-electron chi connectivity index (χ2n) is 15.0. The summed E-state index contributed by atoms with van der Waals surface area (Å²) in [5.74, 6) is 1.49. The Hall–Kier alpha value is -3.67. The van der Waals surface area contributed by atoms with E-state index in [0.29, 0.717) is 40.4 Å². The molecule has 0 spiro atoms. The first kappa shape index (κ1) is 41.1. The fourth-order valence-electron chi connectivity index (χ4n) is 7.13. The zero-order chi connectivity index (χ0) is 38.3. The zero-order valence-electron chi connectivity index (χ0n) is 31.8. The van der Waals surface area contributed by atoms with Crippen LogP contribution in [0.5, 0.6) is 5.75 Å². The smallest absolute Gasteiger partial charge is 0.417 e. The van der Waals surface area contributed by atoms with Crippen LogP contribution in [0, 0.1) is 18.8 Å². The summed E-state index contributed by atoms with van der Waals surface area (Å²) in [7, 11) is 3.93. The highest BCUT2D eigenvalue weighted by Crippen LogP contribution is 2.41. The lowest BCUT2D eigenvalue weighted by molar-refractivity contribution is -0.419. The highest BCUT2D eigenvalue weighted by atomic mass is 35.5. The van der Waals surface area contributed by atoms with Crippen molar-refractivity contribution >= 4 is 23.4 Å². The van der Waals surface area contributed by atoms with Gasteiger partial charge in [-0.1, -0.05) is 57.2 Å². The van der Waals surface area contributed by atoms with E-state index in [-0.39, 0.29) is 24.0 Å². The van der Waals surface area contributed by atoms with Crippen molar-refractivity contribution in [2.45, 2.75) is 85.0 Å². The van der Waals surface area contributed by atoms with Gasteiger partial charge in [-0.3, -0.25) is 14.5 Å². The monoisotopic (exact) mass is 736 g/mol. The van der Waals surface area contributed by atoms with Crippen LogP contribution in [0.4, 0.5) is 0 Å². The van der Waals surface area contributed by atoms with E-state index in [2.05, 4.69) is 37.1 Å². The molecule has 2 amide bonds. The number of carbonyl (C=O) groups excluding carboxylic acids is 2. The number of fused-ring (bicyclic) bond motifs is 1. The van der Waals surface area contributed by atoms with Crippen LogP contribution in [0.2, 0.25) is 5.02 Å². The molecule has 2 fully saturated rings. The van der Waals surface area contributed by atoms with Gasteiger partial charge in [-0.15, -0.1) is 0 Å². The van der Waals surface area contributed by atoms with Crippen LogP contribution in [-0.4, -0.2) is 99.2 Å². The van der Waals surface area contributed by atoms with Crippen molar-refractivity contribution in [1.82, 2.24) is 19.6 Å². The first-order valence-corrected chi connectivity index (χ1v) is 18.6. The van der Waals surface area contributed by atoms with Crippen molar-refractivity contribution in [3.63, 3.8) is 0 Å². The molecule has 2 aliphatic heterocycles. The molecule has 5 rings (SSSR count). The Bertz CT molecular complexity index is 1620. The van der Waals surface area contributed by atoms with E-state index < -0.39 is 12.2 Å². The van der Waals surface area contributed by atoms with Crippen molar-refractivity contribution in [3.8, 4) is 5.75 Å². The molecular formula is C41H57ClN4O6. The first-order valence-electron chi connectivity index (χ1n) is 18.3. The molecule has 284 valence electrons. The number of ether oxygens (including phenoxy) is 1. The lowest BCUT2D eigenvalue weighted by Crippen LogP contribution is -2.53. The summed E-state index contributed by atoms with van der Waals surface area (Å²) >= 11 is 6.23. The number of likely N-dealkylation sites (N-methyl/N-ethyl adjacent to an activating group) is 2. The van der Waals surface area contributed by atoms with E-state index >= 15 is 0 Å². The topological polar surface area (TPSA) is 117 Å². The summed E-state index contributed by atoms with van der Waals surface area (Å²) < 4.78 is 4.94. The second kappa shape index (κ2) is 17.9. The van der Waals surface area contributed by atoms with E-state index in [0.717, 1.165) is 68.1 Å². The number of hydrogen-bond donors (Lipinski definition) is 3. The minimum atomic E-state index is -3.34. The lowest BCUT2D eigenvalue weighted by atomic mass is 9.84. The van der Waals surface area contributed by atoms with Gasteiger partial charge in [0.2, 0.25) is 11.8 Å². The van der Waals surface area contributed by atoms with Gasteiger partial charge in [0.15, 0.2) is 0 Å². The van der Waals surface area contributed by atoms with Crippen molar-refractivity contribution in [2.75, 3.05) is 40.3 Å². The Morgan fingerprint density at radius 3 is 2.25 bits per heavy atom. The Morgan fingerprint density at radius 2 is 1.67 bits per heavy atom. The molecule has 1 saturated heterocycles. The SMILES string of the molecule is C=C(/C=C\C(=C/C)N1C(=O)Cc2cc(OC(O)(O)O)c(C)cc2C1c1ccc(Cl)cc1)N(C)CC1CCC(N2CCN(C)C(=O)C2)CC1.CC(C)C. The van der Waals surface area contributed by atoms with E-state index in [4.69, 9.17) is 16.3 Å². The number of halogens is 1. The Balaban J connectivity index is 0.00000144. The van der Waals surface area contributed by atoms with E-state index in [1.54, 1.807) is 30.0 Å². The maximum absolute atomic E-state index is 13.9. The quantitative estimate of drug-likeness (QED) is 0.201. The average molecular weight is 737 g/mol. The van der Waals surface area contributed by atoms with Gasteiger partial charge in [0.25, 0.3) is 0 Å². The molecule has 2 aromatic carbocycles. The van der Waals surface area contributed by atoms with Crippen LogP contribution in [-0.2, 0) is 16.0 Å². The third-order valence-corrected chi connectivity index (χ3v) is 10.1. The van der Waals surface area contributed by atoms with Crippen LogP contribution < -0.4 is 4.74 Å². The van der Waals surface area contributed by atoms with Crippen LogP contribution in [0.3, 0.4) is 0 Å². The number of carbonyl (C=O) groups is 2. The summed E-state index contributed by atoms with van der Waals surface area (Å²) in [6.45, 7) is 17.6. The highest BCUT2D eigenvalue weighted by molar-refractivity contribution is 6.30. The lowest BCUT2D eigenvalue weighted by Gasteiger charge is -2.41.